The molecule has 0 saturated heterocycles. The maximum absolute atomic E-state index is 13.3. The number of ether oxygens (including phenoxy) is 3. The van der Waals surface area contributed by atoms with Crippen molar-refractivity contribution < 1.29 is 28.2 Å². The van der Waals surface area contributed by atoms with E-state index in [1.165, 1.54) is 7.11 Å². The van der Waals surface area contributed by atoms with E-state index < -0.39 is 18.0 Å². The average Bonchev–Trinajstić information content (AvgIpc) is 3.57. The van der Waals surface area contributed by atoms with Crippen LogP contribution in [0.2, 0.25) is 0 Å². The van der Waals surface area contributed by atoms with Crippen LogP contribution in [0.3, 0.4) is 0 Å². The molecule has 0 unspecified atom stereocenters. The zero-order valence-corrected chi connectivity index (χ0v) is 20.5. The Morgan fingerprint density at radius 3 is 2.57 bits per heavy atom. The van der Waals surface area contributed by atoms with Gasteiger partial charge in [0.15, 0.2) is 11.5 Å². The first-order valence-electron chi connectivity index (χ1n) is 12.0. The first-order valence-corrected chi connectivity index (χ1v) is 12.0. The molecule has 9 heteroatoms. The first-order chi connectivity index (χ1) is 17.0. The fourth-order valence-electron chi connectivity index (χ4n) is 4.95. The summed E-state index contributed by atoms with van der Waals surface area (Å²) < 4.78 is 22.1. The Morgan fingerprint density at radius 1 is 1.11 bits per heavy atom. The van der Waals surface area contributed by atoms with Crippen molar-refractivity contribution >= 4 is 12.0 Å². The summed E-state index contributed by atoms with van der Waals surface area (Å²) in [5, 5.41) is 5.77. The molecule has 2 N–H and O–H groups in total. The number of benzene rings is 1. The van der Waals surface area contributed by atoms with Crippen molar-refractivity contribution in [3.05, 3.63) is 59.2 Å². The van der Waals surface area contributed by atoms with Gasteiger partial charge in [-0.2, -0.15) is 0 Å². The second-order valence-electron chi connectivity index (χ2n) is 8.65. The largest absolute Gasteiger partial charge is 0.493 e. The standard InChI is InChI=1S/C26H33N3O6/c1-4-34-25(30)22-20(16-29(17-9-5-6-10-17)15-18-11-8-14-35-18)27-26(31)28-23(22)19-12-7-13-21(32-2)24(19)33-3/h7-8,11-14,17,23H,4-6,9-10,15-16H2,1-3H3,(H2,27,28,31)/t23-/m1/s1. The number of nitrogens with one attached hydrogen (secondary N) is 2. The van der Waals surface area contributed by atoms with Crippen molar-refractivity contribution in [2.45, 2.75) is 51.2 Å². The third kappa shape index (κ3) is 5.45. The molecular formula is C26H33N3O6. The number of para-hydroxylation sites is 1. The lowest BCUT2D eigenvalue weighted by molar-refractivity contribution is -0.139. The predicted octanol–water partition coefficient (Wildman–Crippen LogP) is 3.91. The SMILES string of the molecule is CCOC(=O)C1=C(CN(Cc2ccco2)C2CCCC2)NC(=O)N[C@@H]1c1cccc(OC)c1OC. The number of carbonyl (C=O) groups is 2. The van der Waals surface area contributed by atoms with Gasteiger partial charge in [-0.3, -0.25) is 4.90 Å². The van der Waals surface area contributed by atoms with Gasteiger partial charge in [0.25, 0.3) is 0 Å². The number of urea groups is 1. The molecule has 1 aliphatic heterocycles. The van der Waals surface area contributed by atoms with Crippen LogP contribution >= 0.6 is 0 Å². The van der Waals surface area contributed by atoms with E-state index in [1.807, 2.05) is 18.2 Å². The fraction of sp³-hybridized carbons (Fsp3) is 0.462. The van der Waals surface area contributed by atoms with Crippen LogP contribution in [0.1, 0.15) is 50.0 Å². The van der Waals surface area contributed by atoms with Gasteiger partial charge in [0.1, 0.15) is 5.76 Å². The molecule has 2 amide bonds. The highest BCUT2D eigenvalue weighted by molar-refractivity contribution is 5.95. The molecule has 1 aromatic carbocycles. The molecule has 4 rings (SSSR count). The van der Waals surface area contributed by atoms with Crippen molar-refractivity contribution in [3.63, 3.8) is 0 Å². The molecule has 188 valence electrons. The summed E-state index contributed by atoms with van der Waals surface area (Å²) in [6.07, 6.45) is 6.08. The van der Waals surface area contributed by atoms with E-state index in [9.17, 15) is 9.59 Å². The van der Waals surface area contributed by atoms with Gasteiger partial charge in [0.2, 0.25) is 0 Å². The monoisotopic (exact) mass is 483 g/mol. The van der Waals surface area contributed by atoms with Crippen LogP contribution in [-0.2, 0) is 16.1 Å². The van der Waals surface area contributed by atoms with E-state index in [0.29, 0.717) is 47.5 Å². The molecule has 0 radical (unpaired) electrons. The molecule has 9 nitrogen and oxygen atoms in total. The van der Waals surface area contributed by atoms with E-state index in [4.69, 9.17) is 18.6 Å². The molecule has 0 spiro atoms. The van der Waals surface area contributed by atoms with Gasteiger partial charge < -0.3 is 29.3 Å². The lowest BCUT2D eigenvalue weighted by atomic mass is 9.93. The molecule has 1 aliphatic carbocycles. The summed E-state index contributed by atoms with van der Waals surface area (Å²) in [5.41, 5.74) is 1.47. The van der Waals surface area contributed by atoms with E-state index in [-0.39, 0.29) is 6.61 Å². The van der Waals surface area contributed by atoms with Gasteiger partial charge in [0, 0.05) is 23.8 Å². The van der Waals surface area contributed by atoms with E-state index in [2.05, 4.69) is 15.5 Å². The quantitative estimate of drug-likeness (QED) is 0.494. The Bertz CT molecular complexity index is 1060. The number of esters is 1. The summed E-state index contributed by atoms with van der Waals surface area (Å²) in [7, 11) is 3.08. The minimum Gasteiger partial charge on any atom is -0.493 e. The maximum atomic E-state index is 13.3. The van der Waals surface area contributed by atoms with Crippen LogP contribution in [0.5, 0.6) is 11.5 Å². The first kappa shape index (κ1) is 24.7. The minimum absolute atomic E-state index is 0.213. The van der Waals surface area contributed by atoms with Crippen molar-refractivity contribution in [2.75, 3.05) is 27.4 Å². The highest BCUT2D eigenvalue weighted by Gasteiger charge is 2.37. The number of carbonyl (C=O) groups excluding carboxylic acids is 2. The summed E-state index contributed by atoms with van der Waals surface area (Å²) in [6.45, 7) is 2.92. The fourth-order valence-corrected chi connectivity index (χ4v) is 4.95. The Kier molecular flexibility index (Phi) is 7.97. The van der Waals surface area contributed by atoms with Crippen molar-refractivity contribution in [3.8, 4) is 11.5 Å². The molecule has 0 bridgehead atoms. The van der Waals surface area contributed by atoms with E-state index >= 15 is 0 Å². The number of nitrogens with zero attached hydrogens (tertiary/aromatic N) is 1. The third-order valence-electron chi connectivity index (χ3n) is 6.53. The number of amides is 2. The van der Waals surface area contributed by atoms with Crippen LogP contribution in [0.4, 0.5) is 4.79 Å². The van der Waals surface area contributed by atoms with Crippen LogP contribution in [0.15, 0.2) is 52.3 Å². The summed E-state index contributed by atoms with van der Waals surface area (Å²) in [5.74, 6) is 1.30. The van der Waals surface area contributed by atoms with E-state index in [1.54, 1.807) is 32.4 Å². The van der Waals surface area contributed by atoms with E-state index in [0.717, 1.165) is 31.4 Å². The van der Waals surface area contributed by atoms with Crippen LogP contribution in [0.25, 0.3) is 0 Å². The molecular weight excluding hydrogens is 450 g/mol. The number of rotatable bonds is 10. The number of methoxy groups -OCH3 is 2. The van der Waals surface area contributed by atoms with Gasteiger partial charge in [-0.1, -0.05) is 25.0 Å². The van der Waals surface area contributed by atoms with Crippen molar-refractivity contribution in [1.29, 1.82) is 0 Å². The highest BCUT2D eigenvalue weighted by Crippen LogP contribution is 2.39. The number of furan rings is 1. The lowest BCUT2D eigenvalue weighted by Crippen LogP contribution is -2.49. The Balaban J connectivity index is 1.77. The zero-order chi connectivity index (χ0) is 24.8. The van der Waals surface area contributed by atoms with Crippen molar-refractivity contribution in [2.24, 2.45) is 0 Å². The van der Waals surface area contributed by atoms with Gasteiger partial charge in [0.05, 0.1) is 45.2 Å². The Hall–Kier alpha value is -3.46. The third-order valence-corrected chi connectivity index (χ3v) is 6.53. The van der Waals surface area contributed by atoms with Gasteiger partial charge in [-0.25, -0.2) is 9.59 Å². The second-order valence-corrected chi connectivity index (χ2v) is 8.65. The molecule has 2 aliphatic rings. The topological polar surface area (TPSA) is 102 Å². The number of hydrogen-bond acceptors (Lipinski definition) is 7. The minimum atomic E-state index is -0.767. The molecule has 1 saturated carbocycles. The molecule has 1 aromatic heterocycles. The molecule has 1 atom stereocenters. The maximum Gasteiger partial charge on any atom is 0.338 e. The molecule has 1 fully saturated rings. The van der Waals surface area contributed by atoms with Crippen LogP contribution in [-0.4, -0.2) is 50.3 Å². The van der Waals surface area contributed by atoms with Crippen LogP contribution in [0, 0.1) is 0 Å². The summed E-state index contributed by atoms with van der Waals surface area (Å²) >= 11 is 0. The molecule has 2 heterocycles. The summed E-state index contributed by atoms with van der Waals surface area (Å²) in [6, 6.07) is 8.35. The Morgan fingerprint density at radius 2 is 1.91 bits per heavy atom. The molecule has 35 heavy (non-hydrogen) atoms. The number of hydrogen-bond donors (Lipinski definition) is 2. The van der Waals surface area contributed by atoms with Gasteiger partial charge in [-0.05, 0) is 38.0 Å². The van der Waals surface area contributed by atoms with Crippen molar-refractivity contribution in [1.82, 2.24) is 15.5 Å². The normalized spacial score (nSPS) is 18.4. The molecule has 2 aromatic rings. The Labute approximate surface area is 205 Å². The zero-order valence-electron chi connectivity index (χ0n) is 20.5. The second kappa shape index (κ2) is 11.3. The summed E-state index contributed by atoms with van der Waals surface area (Å²) in [4.78, 5) is 28.4. The average molecular weight is 484 g/mol. The lowest BCUT2D eigenvalue weighted by Gasteiger charge is -2.34. The predicted molar refractivity (Wildman–Crippen MR) is 129 cm³/mol. The van der Waals surface area contributed by atoms with Gasteiger partial charge in [-0.15, -0.1) is 0 Å². The van der Waals surface area contributed by atoms with Crippen LogP contribution < -0.4 is 20.1 Å². The van der Waals surface area contributed by atoms with Gasteiger partial charge >= 0.3 is 12.0 Å². The highest BCUT2D eigenvalue weighted by atomic mass is 16.5. The smallest absolute Gasteiger partial charge is 0.338 e.